The fourth-order valence-corrected chi connectivity index (χ4v) is 3.73. The lowest BCUT2D eigenvalue weighted by atomic mass is 10.1. The van der Waals surface area contributed by atoms with Crippen molar-refractivity contribution in [3.8, 4) is 17.2 Å². The van der Waals surface area contributed by atoms with Gasteiger partial charge in [-0.25, -0.2) is 9.82 Å². The van der Waals surface area contributed by atoms with Crippen LogP contribution in [0.1, 0.15) is 31.4 Å². The maximum atomic E-state index is 13.1. The maximum Gasteiger partial charge on any atom is 0.262 e. The van der Waals surface area contributed by atoms with E-state index in [2.05, 4.69) is 27.7 Å². The van der Waals surface area contributed by atoms with Gasteiger partial charge in [0.15, 0.2) is 18.1 Å². The predicted molar refractivity (Wildman–Crippen MR) is 159 cm³/mol. The highest BCUT2D eigenvalue weighted by Gasteiger charge is 2.15. The van der Waals surface area contributed by atoms with Crippen molar-refractivity contribution in [2.45, 2.75) is 26.7 Å². The lowest BCUT2D eigenvalue weighted by molar-refractivity contribution is -0.126. The normalized spacial score (nSPS) is 10.5. The number of ether oxygens (including phenoxy) is 3. The Morgan fingerprint density at radius 3 is 2.14 bits per heavy atom. The third-order valence-corrected chi connectivity index (χ3v) is 5.47. The lowest BCUT2D eigenvalue weighted by Gasteiger charge is -2.16. The van der Waals surface area contributed by atoms with Crippen molar-refractivity contribution >= 4 is 35.3 Å². The molecule has 0 fully saturated rings. The lowest BCUT2D eigenvalue weighted by Crippen LogP contribution is -2.24. The van der Waals surface area contributed by atoms with Crippen LogP contribution in [0.4, 0.5) is 15.8 Å². The molecule has 0 heterocycles. The highest BCUT2D eigenvalue weighted by molar-refractivity contribution is 6.03. The molecule has 11 heteroatoms. The summed E-state index contributed by atoms with van der Waals surface area (Å²) in [5.41, 5.74) is 4.56. The number of benzene rings is 3. The molecule has 0 unspecified atom stereocenters. The summed E-state index contributed by atoms with van der Waals surface area (Å²) in [6.45, 7) is 8.00. The summed E-state index contributed by atoms with van der Waals surface area (Å²) in [4.78, 5) is 36.9. The molecule has 3 amide bonds. The highest BCUT2D eigenvalue weighted by atomic mass is 19.1. The molecule has 42 heavy (non-hydrogen) atoms. The van der Waals surface area contributed by atoms with E-state index < -0.39 is 30.0 Å². The molecule has 0 aliphatic carbocycles. The maximum absolute atomic E-state index is 13.1. The number of nitrogens with one attached hydrogen (secondary N) is 3. The fourth-order valence-electron chi connectivity index (χ4n) is 3.73. The van der Waals surface area contributed by atoms with Crippen molar-refractivity contribution in [2.75, 3.05) is 30.5 Å². The average molecular weight is 577 g/mol. The van der Waals surface area contributed by atoms with Crippen LogP contribution in [-0.2, 0) is 20.8 Å². The molecule has 0 spiro atoms. The van der Waals surface area contributed by atoms with Gasteiger partial charge in [0, 0.05) is 16.9 Å². The summed E-state index contributed by atoms with van der Waals surface area (Å²) in [6.07, 6.45) is 3.04. The number of nitrogens with zero attached hydrogens (tertiary/aromatic N) is 1. The van der Waals surface area contributed by atoms with Crippen LogP contribution < -0.4 is 30.3 Å². The quantitative estimate of drug-likeness (QED) is 0.103. The van der Waals surface area contributed by atoms with Crippen LogP contribution in [-0.4, -0.2) is 43.8 Å². The smallest absolute Gasteiger partial charge is 0.262 e. The van der Waals surface area contributed by atoms with E-state index in [4.69, 9.17) is 14.2 Å². The minimum absolute atomic E-state index is 0.316. The number of allylic oxidation sites excluding steroid dienone is 1. The first kappa shape index (κ1) is 31.3. The van der Waals surface area contributed by atoms with Gasteiger partial charge >= 0.3 is 0 Å². The molecular formula is C31H33FN4O6. The Morgan fingerprint density at radius 2 is 1.50 bits per heavy atom. The number of carbonyl (C=O) groups is 3. The zero-order chi connectivity index (χ0) is 30.3. The van der Waals surface area contributed by atoms with Crippen LogP contribution in [0.3, 0.4) is 0 Å². The molecule has 0 aromatic heterocycles. The second kappa shape index (κ2) is 16.2. The van der Waals surface area contributed by atoms with Crippen molar-refractivity contribution in [3.63, 3.8) is 0 Å². The minimum Gasteiger partial charge on any atom is -0.494 e. The predicted octanol–water partition coefficient (Wildman–Crippen LogP) is 4.85. The third kappa shape index (κ3) is 10.1. The van der Waals surface area contributed by atoms with E-state index in [1.54, 1.807) is 49.4 Å². The Hall–Kier alpha value is -5.19. The SMILES string of the molecule is C=CCc1cc(C=NNC(=O)CC(=O)Nc2ccc(OCC)cc2)cc(OCC)c1OCC(=O)Nc1ccc(F)cc1. The number of hydrogen-bond donors (Lipinski definition) is 3. The number of anilines is 2. The van der Waals surface area contributed by atoms with Crippen molar-refractivity contribution in [1.82, 2.24) is 5.43 Å². The standard InChI is InChI=1S/C31H33FN4O6/c1-4-7-22-16-21(19-33-36-29(38)18-28(37)34-25-12-14-26(15-13-25)40-5-2)17-27(41-6-3)31(22)42-20-30(39)35-24-10-8-23(32)9-11-24/h4,8-17,19H,1,5-7,18,20H2,2-3H3,(H,34,37)(H,35,39)(H,36,38). The van der Waals surface area contributed by atoms with Gasteiger partial charge in [-0.2, -0.15) is 5.10 Å². The fraction of sp³-hybridized carbons (Fsp3) is 0.226. The van der Waals surface area contributed by atoms with Crippen molar-refractivity contribution in [2.24, 2.45) is 5.10 Å². The number of hydrazone groups is 1. The van der Waals surface area contributed by atoms with E-state index in [1.165, 1.54) is 30.5 Å². The van der Waals surface area contributed by atoms with Crippen LogP contribution in [0.15, 0.2) is 78.4 Å². The first-order valence-corrected chi connectivity index (χ1v) is 13.2. The van der Waals surface area contributed by atoms with Gasteiger partial charge in [0.25, 0.3) is 5.91 Å². The van der Waals surface area contributed by atoms with E-state index in [9.17, 15) is 18.8 Å². The molecule has 0 aliphatic rings. The van der Waals surface area contributed by atoms with Gasteiger partial charge in [0.2, 0.25) is 11.8 Å². The zero-order valence-electron chi connectivity index (χ0n) is 23.4. The van der Waals surface area contributed by atoms with E-state index in [0.29, 0.717) is 59.4 Å². The highest BCUT2D eigenvalue weighted by Crippen LogP contribution is 2.33. The third-order valence-electron chi connectivity index (χ3n) is 5.47. The zero-order valence-corrected chi connectivity index (χ0v) is 23.4. The summed E-state index contributed by atoms with van der Waals surface area (Å²) in [6, 6.07) is 15.6. The van der Waals surface area contributed by atoms with Gasteiger partial charge in [0.1, 0.15) is 18.0 Å². The first-order chi connectivity index (χ1) is 20.3. The molecule has 0 radical (unpaired) electrons. The Balaban J connectivity index is 1.61. The number of carbonyl (C=O) groups excluding carboxylic acids is 3. The largest absolute Gasteiger partial charge is 0.494 e. The second-order valence-electron chi connectivity index (χ2n) is 8.75. The average Bonchev–Trinajstić information content (AvgIpc) is 2.95. The van der Waals surface area contributed by atoms with E-state index in [-0.39, 0.29) is 6.61 Å². The van der Waals surface area contributed by atoms with E-state index in [1.807, 2.05) is 6.92 Å². The van der Waals surface area contributed by atoms with Crippen LogP contribution in [0.25, 0.3) is 0 Å². The first-order valence-electron chi connectivity index (χ1n) is 13.2. The summed E-state index contributed by atoms with van der Waals surface area (Å²) in [5.74, 6) is -0.533. The Labute approximate surface area is 243 Å². The van der Waals surface area contributed by atoms with Crippen molar-refractivity contribution < 1.29 is 33.0 Å². The molecule has 0 saturated carbocycles. The molecule has 220 valence electrons. The van der Waals surface area contributed by atoms with Crippen LogP contribution in [0.5, 0.6) is 17.2 Å². The van der Waals surface area contributed by atoms with Crippen molar-refractivity contribution in [1.29, 1.82) is 0 Å². The molecule has 0 bridgehead atoms. The summed E-state index contributed by atoms with van der Waals surface area (Å²) >= 11 is 0. The van der Waals surface area contributed by atoms with Crippen LogP contribution >= 0.6 is 0 Å². The number of amides is 3. The monoisotopic (exact) mass is 576 g/mol. The van der Waals surface area contributed by atoms with Crippen molar-refractivity contribution in [3.05, 3.63) is 90.3 Å². The van der Waals surface area contributed by atoms with Gasteiger partial charge in [-0.15, -0.1) is 6.58 Å². The molecular weight excluding hydrogens is 543 g/mol. The molecule has 10 nitrogen and oxygen atoms in total. The Morgan fingerprint density at radius 1 is 0.857 bits per heavy atom. The van der Waals surface area contributed by atoms with E-state index in [0.717, 1.165) is 0 Å². The molecule has 3 N–H and O–H groups in total. The summed E-state index contributed by atoms with van der Waals surface area (Å²) in [5, 5.41) is 9.24. The Bertz CT molecular complexity index is 1410. The molecule has 0 saturated heterocycles. The van der Waals surface area contributed by atoms with E-state index >= 15 is 0 Å². The number of hydrogen-bond acceptors (Lipinski definition) is 7. The number of halogens is 1. The Kier molecular flexibility index (Phi) is 12.1. The number of rotatable bonds is 15. The topological polar surface area (TPSA) is 127 Å². The molecule has 0 atom stereocenters. The molecule has 3 aromatic carbocycles. The molecule has 0 aliphatic heterocycles. The molecule has 3 rings (SSSR count). The molecule has 3 aromatic rings. The van der Waals surface area contributed by atoms with Crippen LogP contribution in [0, 0.1) is 5.82 Å². The minimum atomic E-state index is -0.599. The summed E-state index contributed by atoms with van der Waals surface area (Å²) in [7, 11) is 0. The van der Waals surface area contributed by atoms with Gasteiger partial charge in [0.05, 0.1) is 19.4 Å². The second-order valence-corrected chi connectivity index (χ2v) is 8.75. The van der Waals surface area contributed by atoms with Crippen LogP contribution in [0.2, 0.25) is 0 Å². The van der Waals surface area contributed by atoms with Gasteiger partial charge in [-0.05, 0) is 86.5 Å². The summed E-state index contributed by atoms with van der Waals surface area (Å²) < 4.78 is 30.0. The van der Waals surface area contributed by atoms with Gasteiger partial charge in [-0.1, -0.05) is 6.08 Å². The van der Waals surface area contributed by atoms with Gasteiger partial charge in [-0.3, -0.25) is 14.4 Å². The van der Waals surface area contributed by atoms with Gasteiger partial charge < -0.3 is 24.8 Å².